The first-order valence-electron chi connectivity index (χ1n) is 5.70. The van der Waals surface area contributed by atoms with Crippen LogP contribution in [0, 0.1) is 6.92 Å². The van der Waals surface area contributed by atoms with E-state index in [1.165, 1.54) is 23.3 Å². The third kappa shape index (κ3) is 2.82. The summed E-state index contributed by atoms with van der Waals surface area (Å²) in [7, 11) is 0. The minimum Gasteiger partial charge on any atom is -0.478 e. The minimum atomic E-state index is -0.972. The van der Waals surface area contributed by atoms with Crippen molar-refractivity contribution in [1.82, 2.24) is 0 Å². The molecule has 5 nitrogen and oxygen atoms in total. The second-order valence-electron chi connectivity index (χ2n) is 4.14. The number of amides is 1. The molecule has 0 spiro atoms. The Morgan fingerprint density at radius 1 is 1.32 bits per heavy atom. The van der Waals surface area contributed by atoms with E-state index in [0.717, 1.165) is 11.1 Å². The zero-order valence-electron chi connectivity index (χ0n) is 10.4. The number of carboxylic acid groups (broad SMARTS) is 1. The number of carboxylic acids is 1. The molecule has 98 valence electrons. The van der Waals surface area contributed by atoms with Crippen molar-refractivity contribution in [2.24, 2.45) is 0 Å². The van der Waals surface area contributed by atoms with Crippen molar-refractivity contribution in [2.75, 3.05) is 4.90 Å². The monoisotopic (exact) mass is 259 g/mol. The minimum absolute atomic E-state index is 0.218. The molecule has 1 N–H and O–H groups in total. The average molecular weight is 259 g/mol. The molecule has 2 aromatic rings. The second kappa shape index (κ2) is 5.39. The molecule has 0 aliphatic heterocycles. The van der Waals surface area contributed by atoms with Crippen molar-refractivity contribution < 1.29 is 19.1 Å². The molecule has 19 heavy (non-hydrogen) atoms. The van der Waals surface area contributed by atoms with Gasteiger partial charge >= 0.3 is 5.97 Å². The van der Waals surface area contributed by atoms with Crippen molar-refractivity contribution in [3.8, 4) is 0 Å². The molecule has 0 aliphatic carbocycles. The highest BCUT2D eigenvalue weighted by Gasteiger charge is 2.12. The van der Waals surface area contributed by atoms with E-state index in [0.29, 0.717) is 18.8 Å². The number of hydrogen-bond acceptors (Lipinski definition) is 3. The molecular weight excluding hydrogens is 246 g/mol. The van der Waals surface area contributed by atoms with Gasteiger partial charge in [-0.25, -0.2) is 4.79 Å². The number of hydrogen-bond donors (Lipinski definition) is 1. The number of aryl methyl sites for hydroxylation is 1. The van der Waals surface area contributed by atoms with E-state index >= 15 is 0 Å². The fourth-order valence-corrected chi connectivity index (χ4v) is 1.77. The largest absolute Gasteiger partial charge is 0.478 e. The van der Waals surface area contributed by atoms with Gasteiger partial charge in [0.15, 0.2) is 0 Å². The first-order valence-corrected chi connectivity index (χ1v) is 5.70. The van der Waals surface area contributed by atoms with Crippen LogP contribution in [0.2, 0.25) is 0 Å². The Morgan fingerprint density at radius 2 is 2.00 bits per heavy atom. The summed E-state index contributed by atoms with van der Waals surface area (Å²) in [4.78, 5) is 23.3. The van der Waals surface area contributed by atoms with Gasteiger partial charge in [0.2, 0.25) is 12.3 Å². The summed E-state index contributed by atoms with van der Waals surface area (Å²) in [5, 5.41) is 8.81. The van der Waals surface area contributed by atoms with Crippen LogP contribution in [0.25, 0.3) is 0 Å². The van der Waals surface area contributed by atoms with E-state index < -0.39 is 5.97 Å². The van der Waals surface area contributed by atoms with Gasteiger partial charge in [-0.05, 0) is 30.7 Å². The lowest BCUT2D eigenvalue weighted by Crippen LogP contribution is -2.20. The van der Waals surface area contributed by atoms with E-state index in [2.05, 4.69) is 0 Å². The topological polar surface area (TPSA) is 70.8 Å². The third-order valence-electron chi connectivity index (χ3n) is 2.78. The molecule has 5 heteroatoms. The smallest absolute Gasteiger partial charge is 0.335 e. The molecule has 0 atom stereocenters. The van der Waals surface area contributed by atoms with E-state index in [1.807, 2.05) is 6.92 Å². The highest BCUT2D eigenvalue weighted by atomic mass is 16.4. The number of carbonyl (C=O) groups excluding carboxylic acids is 1. The number of aromatic carboxylic acids is 1. The van der Waals surface area contributed by atoms with Crippen molar-refractivity contribution in [1.29, 1.82) is 0 Å². The molecule has 1 aromatic carbocycles. The summed E-state index contributed by atoms with van der Waals surface area (Å²) in [6.07, 6.45) is 2.21. The van der Waals surface area contributed by atoms with Crippen LogP contribution >= 0.6 is 0 Å². The molecule has 0 unspecified atom stereocenters. The maximum absolute atomic E-state index is 11.1. The third-order valence-corrected chi connectivity index (χ3v) is 2.78. The maximum atomic E-state index is 11.1. The maximum Gasteiger partial charge on any atom is 0.335 e. The molecule has 0 aliphatic rings. The highest BCUT2D eigenvalue weighted by Crippen LogP contribution is 2.21. The predicted molar refractivity (Wildman–Crippen MR) is 69.1 cm³/mol. The quantitative estimate of drug-likeness (QED) is 0.837. The number of anilines is 1. The van der Waals surface area contributed by atoms with Gasteiger partial charge in [-0.3, -0.25) is 9.69 Å². The van der Waals surface area contributed by atoms with Gasteiger partial charge in [0.05, 0.1) is 18.4 Å². The van der Waals surface area contributed by atoms with E-state index in [-0.39, 0.29) is 5.56 Å². The van der Waals surface area contributed by atoms with Crippen LogP contribution in [0.4, 0.5) is 5.88 Å². The second-order valence-corrected chi connectivity index (χ2v) is 4.14. The first kappa shape index (κ1) is 12.9. The Morgan fingerprint density at radius 3 is 2.47 bits per heavy atom. The van der Waals surface area contributed by atoms with Crippen LogP contribution in [0.1, 0.15) is 21.5 Å². The van der Waals surface area contributed by atoms with Gasteiger partial charge in [0.1, 0.15) is 0 Å². The SMILES string of the molecule is Cc1ccoc1N(C=O)Cc1ccc(C(=O)O)cc1. The number of rotatable bonds is 5. The fraction of sp³-hybridized carbons (Fsp3) is 0.143. The molecule has 1 aromatic heterocycles. The Bertz CT molecular complexity index is 586. The summed E-state index contributed by atoms with van der Waals surface area (Å²) >= 11 is 0. The highest BCUT2D eigenvalue weighted by molar-refractivity contribution is 5.87. The van der Waals surface area contributed by atoms with Crippen molar-refractivity contribution in [2.45, 2.75) is 13.5 Å². The van der Waals surface area contributed by atoms with Crippen molar-refractivity contribution in [3.63, 3.8) is 0 Å². The average Bonchev–Trinajstić information content (AvgIpc) is 2.83. The molecule has 2 rings (SSSR count). The first-order chi connectivity index (χ1) is 9.11. The van der Waals surface area contributed by atoms with Gasteiger partial charge in [-0.1, -0.05) is 12.1 Å². The summed E-state index contributed by atoms with van der Waals surface area (Å²) in [6.45, 7) is 2.18. The Kier molecular flexibility index (Phi) is 3.66. The summed E-state index contributed by atoms with van der Waals surface area (Å²) in [5.41, 5.74) is 1.91. The molecule has 0 saturated heterocycles. The predicted octanol–water partition coefficient (Wildman–Crippen LogP) is 2.45. The zero-order chi connectivity index (χ0) is 13.8. The number of carbonyl (C=O) groups is 2. The molecule has 1 amide bonds. The Labute approximate surface area is 110 Å². The summed E-state index contributed by atoms with van der Waals surface area (Å²) in [6, 6.07) is 8.15. The van der Waals surface area contributed by atoms with Crippen LogP contribution in [0.5, 0.6) is 0 Å². The number of furan rings is 1. The molecular formula is C14H13NO4. The van der Waals surface area contributed by atoms with Gasteiger partial charge in [0.25, 0.3) is 0 Å². The molecule has 1 heterocycles. The lowest BCUT2D eigenvalue weighted by atomic mass is 10.1. The molecule has 0 radical (unpaired) electrons. The summed E-state index contributed by atoms with van der Waals surface area (Å²) in [5.74, 6) is -0.474. The summed E-state index contributed by atoms with van der Waals surface area (Å²) < 4.78 is 5.25. The molecule has 0 fully saturated rings. The normalized spacial score (nSPS) is 10.2. The van der Waals surface area contributed by atoms with Gasteiger partial charge in [-0.2, -0.15) is 0 Å². The van der Waals surface area contributed by atoms with Crippen LogP contribution in [0.15, 0.2) is 41.0 Å². The van der Waals surface area contributed by atoms with E-state index in [1.54, 1.807) is 18.2 Å². The van der Waals surface area contributed by atoms with Gasteiger partial charge in [0, 0.05) is 5.56 Å². The molecule has 0 saturated carbocycles. The standard InChI is InChI=1S/C14H13NO4/c1-10-6-7-19-13(10)15(9-16)8-11-2-4-12(5-3-11)14(17)18/h2-7,9H,8H2,1H3,(H,17,18). The van der Waals surface area contributed by atoms with Crippen LogP contribution in [-0.2, 0) is 11.3 Å². The fourth-order valence-electron chi connectivity index (χ4n) is 1.77. The van der Waals surface area contributed by atoms with Crippen LogP contribution in [-0.4, -0.2) is 17.5 Å². The Hall–Kier alpha value is -2.56. The van der Waals surface area contributed by atoms with Gasteiger partial charge < -0.3 is 9.52 Å². The van der Waals surface area contributed by atoms with Crippen LogP contribution in [0.3, 0.4) is 0 Å². The van der Waals surface area contributed by atoms with E-state index in [4.69, 9.17) is 9.52 Å². The lowest BCUT2D eigenvalue weighted by molar-refractivity contribution is -0.107. The number of benzene rings is 1. The number of nitrogens with zero attached hydrogens (tertiary/aromatic N) is 1. The van der Waals surface area contributed by atoms with E-state index in [9.17, 15) is 9.59 Å². The van der Waals surface area contributed by atoms with Crippen molar-refractivity contribution in [3.05, 3.63) is 53.3 Å². The zero-order valence-corrected chi connectivity index (χ0v) is 10.4. The van der Waals surface area contributed by atoms with Crippen molar-refractivity contribution >= 4 is 18.3 Å². The lowest BCUT2D eigenvalue weighted by Gasteiger charge is -2.15. The van der Waals surface area contributed by atoms with Crippen LogP contribution < -0.4 is 4.90 Å². The van der Waals surface area contributed by atoms with Gasteiger partial charge in [-0.15, -0.1) is 0 Å². The Balaban J connectivity index is 2.17. The molecule has 0 bridgehead atoms.